The zero-order valence-corrected chi connectivity index (χ0v) is 12.2. The van der Waals surface area contributed by atoms with Crippen LogP contribution in [0.15, 0.2) is 53.7 Å². The van der Waals surface area contributed by atoms with Crippen LogP contribution in [0.25, 0.3) is 0 Å². The van der Waals surface area contributed by atoms with Crippen molar-refractivity contribution in [3.05, 3.63) is 59.7 Å². The Labute approximate surface area is 126 Å². The number of aromatic nitrogens is 1. The molecule has 116 valence electrons. The number of carbonyl (C=O) groups excluding carboxylic acids is 1. The molecule has 0 bridgehead atoms. The summed E-state index contributed by atoms with van der Waals surface area (Å²) in [7, 11) is 0. The first-order valence-corrected chi connectivity index (χ1v) is 6.78. The van der Waals surface area contributed by atoms with Gasteiger partial charge in [-0.25, -0.2) is 0 Å². The molecule has 0 atom stereocenters. The fraction of sp³-hybridized carbons (Fsp3) is 0.250. The molecule has 0 N–H and O–H groups in total. The minimum absolute atomic E-state index is 0.0108. The van der Waals surface area contributed by atoms with Crippen LogP contribution in [-0.2, 0) is 0 Å². The van der Waals surface area contributed by atoms with Gasteiger partial charge in [-0.1, -0.05) is 6.07 Å². The predicted octanol–water partition coefficient (Wildman–Crippen LogP) is 3.09. The second kappa shape index (κ2) is 6.98. The van der Waals surface area contributed by atoms with Crippen LogP contribution in [0.4, 0.5) is 8.78 Å². The normalized spacial score (nSPS) is 12.0. The van der Waals surface area contributed by atoms with E-state index in [2.05, 4.69) is 9.73 Å². The fourth-order valence-electron chi connectivity index (χ4n) is 1.89. The number of hydrogen-bond acceptors (Lipinski definition) is 3. The molecule has 0 aliphatic rings. The molecule has 0 radical (unpaired) electrons. The van der Waals surface area contributed by atoms with Crippen molar-refractivity contribution in [3.63, 3.8) is 0 Å². The van der Waals surface area contributed by atoms with E-state index in [1.54, 1.807) is 24.4 Å². The van der Waals surface area contributed by atoms with Crippen molar-refractivity contribution in [2.45, 2.75) is 26.5 Å². The van der Waals surface area contributed by atoms with Gasteiger partial charge in [-0.05, 0) is 50.2 Å². The number of hydrogen-bond donors (Lipinski definition) is 0. The number of alkyl halides is 2. The molecule has 0 amide bonds. The Morgan fingerprint density at radius 1 is 1.14 bits per heavy atom. The van der Waals surface area contributed by atoms with E-state index in [0.717, 1.165) is 0 Å². The summed E-state index contributed by atoms with van der Waals surface area (Å²) in [5.41, 5.74) is 0.897. The van der Waals surface area contributed by atoms with Gasteiger partial charge in [0.25, 0.3) is 5.91 Å². The number of nitrogens with zero attached hydrogens (tertiary/aromatic N) is 2. The van der Waals surface area contributed by atoms with E-state index in [1.165, 1.54) is 28.8 Å². The Bertz CT molecular complexity index is 707. The van der Waals surface area contributed by atoms with Gasteiger partial charge in [0.1, 0.15) is 11.2 Å². The molecule has 1 aromatic carbocycles. The Hall–Kier alpha value is -2.50. The third kappa shape index (κ3) is 4.00. The summed E-state index contributed by atoms with van der Waals surface area (Å²) in [5, 5.41) is 0. The fourth-order valence-corrected chi connectivity index (χ4v) is 1.89. The number of ether oxygens (including phenoxy) is 1. The Kier molecular flexibility index (Phi) is 5.04. The van der Waals surface area contributed by atoms with E-state index >= 15 is 0 Å². The molecule has 0 aliphatic carbocycles. The summed E-state index contributed by atoms with van der Waals surface area (Å²) < 4.78 is 29.9. The molecular formula is C16H16F2N2O2. The molecule has 0 saturated heterocycles. The molecule has 6 heteroatoms. The summed E-state index contributed by atoms with van der Waals surface area (Å²) in [6.07, 6.45) is 1.62. The molecular weight excluding hydrogens is 290 g/mol. The molecule has 1 aromatic heterocycles. The van der Waals surface area contributed by atoms with Gasteiger partial charge in [0.05, 0.1) is 0 Å². The first kappa shape index (κ1) is 15.9. The topological polar surface area (TPSA) is 43.6 Å². The molecule has 2 rings (SSSR count). The molecule has 0 unspecified atom stereocenters. The first-order valence-electron chi connectivity index (χ1n) is 6.78. The second-order valence-corrected chi connectivity index (χ2v) is 4.86. The highest BCUT2D eigenvalue weighted by Crippen LogP contribution is 2.15. The SMILES string of the molecule is CC(C)N=c1ccccn1C(=O)c1ccc(OC(F)F)cc1. The number of benzene rings is 1. The molecule has 1 heterocycles. The van der Waals surface area contributed by atoms with Gasteiger partial charge >= 0.3 is 6.61 Å². The van der Waals surface area contributed by atoms with Crippen molar-refractivity contribution >= 4 is 5.91 Å². The Balaban J connectivity index is 2.33. The van der Waals surface area contributed by atoms with Gasteiger partial charge in [-0.3, -0.25) is 14.4 Å². The second-order valence-electron chi connectivity index (χ2n) is 4.86. The van der Waals surface area contributed by atoms with Crippen LogP contribution in [0, 0.1) is 0 Å². The van der Waals surface area contributed by atoms with Crippen molar-refractivity contribution in [1.29, 1.82) is 0 Å². The summed E-state index contributed by atoms with van der Waals surface area (Å²) in [6, 6.07) is 10.9. The minimum atomic E-state index is -2.89. The van der Waals surface area contributed by atoms with Crippen molar-refractivity contribution in [2.75, 3.05) is 0 Å². The van der Waals surface area contributed by atoms with Gasteiger partial charge in [-0.15, -0.1) is 0 Å². The Morgan fingerprint density at radius 2 is 1.82 bits per heavy atom. The summed E-state index contributed by atoms with van der Waals surface area (Å²) >= 11 is 0. The van der Waals surface area contributed by atoms with Crippen LogP contribution < -0.4 is 10.2 Å². The van der Waals surface area contributed by atoms with Crippen LogP contribution in [0.5, 0.6) is 5.75 Å². The molecule has 0 saturated carbocycles. The minimum Gasteiger partial charge on any atom is -0.435 e. The standard InChI is InChI=1S/C16H16F2N2O2/c1-11(2)19-14-5-3-4-10-20(14)15(21)12-6-8-13(9-7-12)22-16(17)18/h3-11,16H,1-2H3. The van der Waals surface area contributed by atoms with Crippen LogP contribution >= 0.6 is 0 Å². The highest BCUT2D eigenvalue weighted by Gasteiger charge is 2.10. The maximum atomic E-state index is 12.5. The third-order valence-electron chi connectivity index (χ3n) is 2.77. The summed E-state index contributed by atoms with van der Waals surface area (Å²) in [5.74, 6) is -0.277. The van der Waals surface area contributed by atoms with E-state index < -0.39 is 6.61 Å². The zero-order chi connectivity index (χ0) is 16.1. The van der Waals surface area contributed by atoms with Gasteiger partial charge in [0, 0.05) is 17.8 Å². The van der Waals surface area contributed by atoms with Crippen molar-refractivity contribution in [1.82, 2.24) is 4.57 Å². The van der Waals surface area contributed by atoms with Crippen molar-refractivity contribution in [2.24, 2.45) is 4.99 Å². The van der Waals surface area contributed by atoms with Crippen molar-refractivity contribution in [3.8, 4) is 5.75 Å². The van der Waals surface area contributed by atoms with Crippen molar-refractivity contribution < 1.29 is 18.3 Å². The lowest BCUT2D eigenvalue weighted by Crippen LogP contribution is -2.28. The smallest absolute Gasteiger partial charge is 0.387 e. The maximum absolute atomic E-state index is 12.5. The van der Waals surface area contributed by atoms with Crippen LogP contribution in [-0.4, -0.2) is 23.1 Å². The highest BCUT2D eigenvalue weighted by atomic mass is 19.3. The van der Waals surface area contributed by atoms with Crippen LogP contribution in [0.1, 0.15) is 24.2 Å². The lowest BCUT2D eigenvalue weighted by atomic mass is 10.2. The van der Waals surface area contributed by atoms with Gasteiger partial charge in [0.15, 0.2) is 0 Å². The van der Waals surface area contributed by atoms with E-state index in [-0.39, 0.29) is 17.7 Å². The average Bonchev–Trinajstić information content (AvgIpc) is 2.47. The van der Waals surface area contributed by atoms with Crippen LogP contribution in [0.2, 0.25) is 0 Å². The summed E-state index contributed by atoms with van der Waals surface area (Å²) in [4.78, 5) is 16.9. The lowest BCUT2D eigenvalue weighted by Gasteiger charge is -2.08. The van der Waals surface area contributed by atoms with E-state index in [0.29, 0.717) is 11.1 Å². The quantitative estimate of drug-likeness (QED) is 0.871. The summed E-state index contributed by atoms with van der Waals surface area (Å²) in [6.45, 7) is 0.942. The number of rotatable bonds is 4. The molecule has 22 heavy (non-hydrogen) atoms. The van der Waals surface area contributed by atoms with Gasteiger partial charge in [-0.2, -0.15) is 8.78 Å². The number of halogens is 2. The van der Waals surface area contributed by atoms with Gasteiger partial charge < -0.3 is 4.74 Å². The third-order valence-corrected chi connectivity index (χ3v) is 2.77. The van der Waals surface area contributed by atoms with Gasteiger partial charge in [0.2, 0.25) is 0 Å². The monoisotopic (exact) mass is 306 g/mol. The molecule has 2 aromatic rings. The average molecular weight is 306 g/mol. The van der Waals surface area contributed by atoms with E-state index in [9.17, 15) is 13.6 Å². The largest absolute Gasteiger partial charge is 0.435 e. The predicted molar refractivity (Wildman–Crippen MR) is 77.9 cm³/mol. The number of pyridine rings is 1. The number of carbonyl (C=O) groups is 1. The van der Waals surface area contributed by atoms with Crippen LogP contribution in [0.3, 0.4) is 0 Å². The first-order chi connectivity index (χ1) is 10.5. The Morgan fingerprint density at radius 3 is 2.41 bits per heavy atom. The maximum Gasteiger partial charge on any atom is 0.387 e. The van der Waals surface area contributed by atoms with E-state index in [1.807, 2.05) is 13.8 Å². The molecule has 4 nitrogen and oxygen atoms in total. The molecule has 0 spiro atoms. The zero-order valence-electron chi connectivity index (χ0n) is 12.2. The molecule has 0 fully saturated rings. The highest BCUT2D eigenvalue weighted by molar-refractivity contribution is 5.95. The molecule has 0 aliphatic heterocycles. The lowest BCUT2D eigenvalue weighted by molar-refractivity contribution is -0.0498. The van der Waals surface area contributed by atoms with E-state index in [4.69, 9.17) is 0 Å².